The highest BCUT2D eigenvalue weighted by Crippen LogP contribution is 2.50. The molecule has 1 N–H and O–H groups in total. The minimum Gasteiger partial charge on any atom is -0.512 e. The van der Waals surface area contributed by atoms with Gasteiger partial charge in [0.05, 0.1) is 0 Å². The maximum atomic E-state index is 10.5. The van der Waals surface area contributed by atoms with Crippen molar-refractivity contribution in [2.24, 2.45) is 5.41 Å². The zero-order valence-corrected chi connectivity index (χ0v) is 6.35. The van der Waals surface area contributed by atoms with Crippen molar-refractivity contribution < 1.29 is 9.90 Å². The molecule has 2 heteroatoms. The number of rotatable bonds is 2. The van der Waals surface area contributed by atoms with Crippen molar-refractivity contribution in [3.8, 4) is 0 Å². The summed E-state index contributed by atoms with van der Waals surface area (Å²) in [6.45, 7) is 3.41. The van der Waals surface area contributed by atoms with Crippen LogP contribution in [0, 0.1) is 5.41 Å². The van der Waals surface area contributed by atoms with Crippen LogP contribution in [-0.4, -0.2) is 10.9 Å². The van der Waals surface area contributed by atoms with Gasteiger partial charge in [0.1, 0.15) is 5.76 Å². The molecule has 1 fully saturated rings. The Morgan fingerprint density at radius 1 is 1.60 bits per heavy atom. The summed E-state index contributed by atoms with van der Waals surface area (Å²) in [5, 5.41) is 9.26. The summed E-state index contributed by atoms with van der Waals surface area (Å²) < 4.78 is 0. The molecule has 1 aliphatic carbocycles. The van der Waals surface area contributed by atoms with Crippen LogP contribution < -0.4 is 0 Å². The van der Waals surface area contributed by atoms with E-state index in [0.29, 0.717) is 0 Å². The summed E-state index contributed by atoms with van der Waals surface area (Å²) in [4.78, 5) is 10.5. The Kier molecular flexibility index (Phi) is 1.55. The number of hydrogen-bond donors (Lipinski definition) is 1. The highest BCUT2D eigenvalue weighted by atomic mass is 16.3. The smallest absolute Gasteiger partial charge is 0.155 e. The van der Waals surface area contributed by atoms with Crippen LogP contribution in [-0.2, 0) is 4.79 Å². The normalized spacial score (nSPS) is 22.4. The van der Waals surface area contributed by atoms with E-state index in [1.807, 2.05) is 6.92 Å². The van der Waals surface area contributed by atoms with E-state index in [1.165, 1.54) is 13.0 Å². The van der Waals surface area contributed by atoms with E-state index in [-0.39, 0.29) is 17.0 Å². The molecular formula is C8H12O2. The molecule has 0 aromatic carbocycles. The van der Waals surface area contributed by atoms with Crippen molar-refractivity contribution >= 4 is 5.78 Å². The van der Waals surface area contributed by atoms with Gasteiger partial charge in [-0.05, 0) is 19.8 Å². The molecule has 0 spiro atoms. The van der Waals surface area contributed by atoms with Crippen molar-refractivity contribution in [3.05, 3.63) is 11.8 Å². The average Bonchev–Trinajstić information content (AvgIpc) is 2.47. The van der Waals surface area contributed by atoms with E-state index < -0.39 is 0 Å². The van der Waals surface area contributed by atoms with Gasteiger partial charge in [-0.2, -0.15) is 0 Å². The Morgan fingerprint density at radius 2 is 2.10 bits per heavy atom. The predicted octanol–water partition coefficient (Wildman–Crippen LogP) is 1.82. The molecule has 10 heavy (non-hydrogen) atoms. The summed E-state index contributed by atoms with van der Waals surface area (Å²) in [6, 6.07) is 0. The van der Waals surface area contributed by atoms with Gasteiger partial charge in [0.15, 0.2) is 5.78 Å². The lowest BCUT2D eigenvalue weighted by molar-refractivity contribution is -0.112. The van der Waals surface area contributed by atoms with E-state index >= 15 is 0 Å². The number of carbonyl (C=O) groups excluding carboxylic acids is 1. The van der Waals surface area contributed by atoms with Crippen molar-refractivity contribution in [1.82, 2.24) is 0 Å². The lowest BCUT2D eigenvalue weighted by Gasteiger charge is -2.04. The Balaban J connectivity index is 2.64. The zero-order chi connectivity index (χ0) is 7.78. The highest BCUT2D eigenvalue weighted by molar-refractivity contribution is 5.87. The number of allylic oxidation sites excluding steroid dienone is 2. The molecule has 56 valence electrons. The van der Waals surface area contributed by atoms with Gasteiger partial charge >= 0.3 is 0 Å². The number of ketones is 1. The molecule has 0 aromatic rings. The van der Waals surface area contributed by atoms with E-state index in [2.05, 4.69) is 0 Å². The average molecular weight is 140 g/mol. The van der Waals surface area contributed by atoms with E-state index in [9.17, 15) is 9.90 Å². The standard InChI is InChI=1S/C8H12O2/c1-6(9)5-7(10)8(2)3-4-8/h5,10H,3-4H2,1-2H3. The molecular weight excluding hydrogens is 128 g/mol. The van der Waals surface area contributed by atoms with Crippen LogP contribution in [0.5, 0.6) is 0 Å². The van der Waals surface area contributed by atoms with Crippen molar-refractivity contribution in [3.63, 3.8) is 0 Å². The quantitative estimate of drug-likeness (QED) is 0.469. The molecule has 0 radical (unpaired) electrons. The first kappa shape index (κ1) is 7.32. The summed E-state index contributed by atoms with van der Waals surface area (Å²) in [6.07, 6.45) is 3.32. The van der Waals surface area contributed by atoms with Crippen LogP contribution in [0.4, 0.5) is 0 Å². The minimum atomic E-state index is -0.0781. The first-order valence-electron chi connectivity index (χ1n) is 3.46. The van der Waals surface area contributed by atoms with Crippen LogP contribution in [0.2, 0.25) is 0 Å². The fourth-order valence-corrected chi connectivity index (χ4v) is 0.810. The molecule has 0 bridgehead atoms. The molecule has 0 atom stereocenters. The van der Waals surface area contributed by atoms with Crippen LogP contribution in [0.3, 0.4) is 0 Å². The van der Waals surface area contributed by atoms with Crippen LogP contribution in [0.1, 0.15) is 26.7 Å². The Labute approximate surface area is 60.6 Å². The van der Waals surface area contributed by atoms with Crippen molar-refractivity contribution in [2.75, 3.05) is 0 Å². The second kappa shape index (κ2) is 2.11. The third-order valence-corrected chi connectivity index (χ3v) is 1.96. The summed E-state index contributed by atoms with van der Waals surface area (Å²) in [5.41, 5.74) is -0.0638. The Bertz CT molecular complexity index is 187. The van der Waals surface area contributed by atoms with E-state index in [0.717, 1.165) is 12.8 Å². The summed E-state index contributed by atoms with van der Waals surface area (Å²) >= 11 is 0. The Hall–Kier alpha value is -0.790. The fourth-order valence-electron chi connectivity index (χ4n) is 0.810. The second-order valence-electron chi connectivity index (χ2n) is 3.20. The summed E-state index contributed by atoms with van der Waals surface area (Å²) in [7, 11) is 0. The topological polar surface area (TPSA) is 37.3 Å². The molecule has 0 heterocycles. The van der Waals surface area contributed by atoms with Gasteiger partial charge in [-0.15, -0.1) is 0 Å². The number of carbonyl (C=O) groups is 1. The monoisotopic (exact) mass is 140 g/mol. The SMILES string of the molecule is CC(=O)C=C(O)C1(C)CC1. The van der Waals surface area contributed by atoms with E-state index in [1.54, 1.807) is 0 Å². The predicted molar refractivity (Wildman–Crippen MR) is 38.7 cm³/mol. The maximum Gasteiger partial charge on any atom is 0.155 e. The van der Waals surface area contributed by atoms with Gasteiger partial charge in [0.25, 0.3) is 0 Å². The molecule has 2 nitrogen and oxygen atoms in total. The highest BCUT2D eigenvalue weighted by Gasteiger charge is 2.41. The minimum absolute atomic E-state index is 0.0638. The summed E-state index contributed by atoms with van der Waals surface area (Å²) in [5.74, 6) is 0.172. The molecule has 1 saturated carbocycles. The van der Waals surface area contributed by atoms with Crippen LogP contribution in [0.25, 0.3) is 0 Å². The number of aliphatic hydroxyl groups is 1. The number of hydrogen-bond acceptors (Lipinski definition) is 2. The van der Waals surface area contributed by atoms with Gasteiger partial charge in [0, 0.05) is 11.5 Å². The lowest BCUT2D eigenvalue weighted by atomic mass is 10.1. The van der Waals surface area contributed by atoms with Crippen LogP contribution in [0.15, 0.2) is 11.8 Å². The first-order chi connectivity index (χ1) is 4.54. The Morgan fingerprint density at radius 3 is 2.40 bits per heavy atom. The largest absolute Gasteiger partial charge is 0.512 e. The maximum absolute atomic E-state index is 10.5. The molecule has 0 unspecified atom stereocenters. The molecule has 0 aliphatic heterocycles. The molecule has 0 aromatic heterocycles. The van der Waals surface area contributed by atoms with Crippen LogP contribution >= 0.6 is 0 Å². The van der Waals surface area contributed by atoms with Gasteiger partial charge in [-0.25, -0.2) is 0 Å². The van der Waals surface area contributed by atoms with Gasteiger partial charge in [-0.3, -0.25) is 4.79 Å². The van der Waals surface area contributed by atoms with Crippen molar-refractivity contribution in [2.45, 2.75) is 26.7 Å². The molecule has 0 saturated heterocycles. The van der Waals surface area contributed by atoms with Gasteiger partial charge < -0.3 is 5.11 Å². The van der Waals surface area contributed by atoms with E-state index in [4.69, 9.17) is 0 Å². The molecule has 1 rings (SSSR count). The third-order valence-electron chi connectivity index (χ3n) is 1.96. The zero-order valence-electron chi connectivity index (χ0n) is 6.35. The van der Waals surface area contributed by atoms with Gasteiger partial charge in [0.2, 0.25) is 0 Å². The first-order valence-corrected chi connectivity index (χ1v) is 3.46. The molecule has 0 amide bonds. The number of aliphatic hydroxyl groups excluding tert-OH is 1. The van der Waals surface area contributed by atoms with Gasteiger partial charge in [-0.1, -0.05) is 6.92 Å². The third kappa shape index (κ3) is 1.38. The lowest BCUT2D eigenvalue weighted by Crippen LogP contribution is -1.99. The fraction of sp³-hybridized carbons (Fsp3) is 0.625. The molecule has 1 aliphatic rings. The van der Waals surface area contributed by atoms with Crippen molar-refractivity contribution in [1.29, 1.82) is 0 Å². The second-order valence-corrected chi connectivity index (χ2v) is 3.20.